The Balaban J connectivity index is 2.08. The van der Waals surface area contributed by atoms with Crippen LogP contribution in [0.2, 0.25) is 0 Å². The SMILES string of the molecule is O=Cc1cn(-c2ccc(Br)cn2)nc1-c1ccc(F)cn1. The number of aldehydes is 1. The monoisotopic (exact) mass is 346 g/mol. The van der Waals surface area contributed by atoms with E-state index in [0.29, 0.717) is 29.1 Å². The van der Waals surface area contributed by atoms with Crippen molar-refractivity contribution in [1.29, 1.82) is 0 Å². The van der Waals surface area contributed by atoms with Gasteiger partial charge in [-0.15, -0.1) is 0 Å². The highest BCUT2D eigenvalue weighted by atomic mass is 79.9. The molecule has 3 aromatic rings. The van der Waals surface area contributed by atoms with Gasteiger partial charge in [0.1, 0.15) is 11.5 Å². The van der Waals surface area contributed by atoms with E-state index in [4.69, 9.17) is 0 Å². The summed E-state index contributed by atoms with van der Waals surface area (Å²) < 4.78 is 15.2. The predicted molar refractivity (Wildman–Crippen MR) is 77.6 cm³/mol. The van der Waals surface area contributed by atoms with E-state index >= 15 is 0 Å². The fourth-order valence-electron chi connectivity index (χ4n) is 1.81. The molecule has 0 saturated heterocycles. The highest BCUT2D eigenvalue weighted by molar-refractivity contribution is 9.10. The second kappa shape index (κ2) is 5.53. The third-order valence-electron chi connectivity index (χ3n) is 2.79. The summed E-state index contributed by atoms with van der Waals surface area (Å²) in [7, 11) is 0. The molecule has 3 rings (SSSR count). The van der Waals surface area contributed by atoms with Crippen LogP contribution in [-0.4, -0.2) is 26.0 Å². The summed E-state index contributed by atoms with van der Waals surface area (Å²) in [4.78, 5) is 19.3. The smallest absolute Gasteiger partial charge is 0.153 e. The summed E-state index contributed by atoms with van der Waals surface area (Å²) >= 11 is 3.30. The molecule has 0 N–H and O–H groups in total. The van der Waals surface area contributed by atoms with Gasteiger partial charge in [-0.05, 0) is 40.2 Å². The van der Waals surface area contributed by atoms with E-state index in [1.165, 1.54) is 16.8 Å². The summed E-state index contributed by atoms with van der Waals surface area (Å²) in [6.45, 7) is 0. The van der Waals surface area contributed by atoms with E-state index < -0.39 is 5.82 Å². The molecule has 21 heavy (non-hydrogen) atoms. The number of aromatic nitrogens is 4. The summed E-state index contributed by atoms with van der Waals surface area (Å²) in [5.41, 5.74) is 1.17. The Morgan fingerprint density at radius 3 is 2.62 bits per heavy atom. The van der Waals surface area contributed by atoms with E-state index in [9.17, 15) is 9.18 Å². The summed E-state index contributed by atoms with van der Waals surface area (Å²) in [5, 5.41) is 4.30. The number of rotatable bonds is 3. The van der Waals surface area contributed by atoms with Crippen LogP contribution in [0.1, 0.15) is 10.4 Å². The molecule has 0 unspecified atom stereocenters. The van der Waals surface area contributed by atoms with Crippen LogP contribution in [-0.2, 0) is 0 Å². The molecule has 0 aliphatic rings. The zero-order valence-corrected chi connectivity index (χ0v) is 12.2. The molecule has 104 valence electrons. The van der Waals surface area contributed by atoms with E-state index in [1.807, 2.05) is 6.07 Å². The molecule has 0 aliphatic heterocycles. The van der Waals surface area contributed by atoms with Crippen molar-refractivity contribution in [2.75, 3.05) is 0 Å². The fraction of sp³-hybridized carbons (Fsp3) is 0. The first-order valence-corrected chi connectivity index (χ1v) is 6.75. The zero-order chi connectivity index (χ0) is 14.8. The number of pyridine rings is 2. The lowest BCUT2D eigenvalue weighted by Gasteiger charge is -1.99. The van der Waals surface area contributed by atoms with Crippen LogP contribution in [0.4, 0.5) is 4.39 Å². The predicted octanol–water partition coefficient (Wildman–Crippen LogP) is 3.04. The Morgan fingerprint density at radius 1 is 1.14 bits per heavy atom. The van der Waals surface area contributed by atoms with Crippen molar-refractivity contribution in [2.24, 2.45) is 0 Å². The number of hydrogen-bond donors (Lipinski definition) is 0. The van der Waals surface area contributed by atoms with Crippen LogP contribution in [0.15, 0.2) is 47.3 Å². The molecule has 0 bridgehead atoms. The minimum atomic E-state index is -0.444. The van der Waals surface area contributed by atoms with Crippen molar-refractivity contribution >= 4 is 22.2 Å². The van der Waals surface area contributed by atoms with Gasteiger partial charge >= 0.3 is 0 Å². The van der Waals surface area contributed by atoms with E-state index in [-0.39, 0.29) is 0 Å². The van der Waals surface area contributed by atoms with Gasteiger partial charge in [0.2, 0.25) is 0 Å². The van der Waals surface area contributed by atoms with Crippen LogP contribution in [0.3, 0.4) is 0 Å². The van der Waals surface area contributed by atoms with Crippen LogP contribution in [0, 0.1) is 5.82 Å². The molecule has 3 heterocycles. The third kappa shape index (κ3) is 2.73. The van der Waals surface area contributed by atoms with Gasteiger partial charge in [-0.1, -0.05) is 0 Å². The topological polar surface area (TPSA) is 60.7 Å². The molecule has 0 atom stereocenters. The second-order valence-corrected chi connectivity index (χ2v) is 5.11. The quantitative estimate of drug-likeness (QED) is 0.684. The molecule has 0 aliphatic carbocycles. The molecule has 0 radical (unpaired) electrons. The molecule has 3 aromatic heterocycles. The third-order valence-corrected chi connectivity index (χ3v) is 3.26. The van der Waals surface area contributed by atoms with Gasteiger partial charge in [-0.25, -0.2) is 14.1 Å². The molecule has 7 heteroatoms. The van der Waals surface area contributed by atoms with Crippen molar-refractivity contribution < 1.29 is 9.18 Å². The molecule has 0 spiro atoms. The minimum absolute atomic E-state index is 0.360. The maximum atomic E-state index is 12.9. The Bertz CT molecular complexity index is 784. The van der Waals surface area contributed by atoms with Gasteiger partial charge in [0, 0.05) is 16.9 Å². The van der Waals surface area contributed by atoms with Crippen molar-refractivity contribution in [1.82, 2.24) is 19.7 Å². The van der Waals surface area contributed by atoms with Gasteiger partial charge in [-0.2, -0.15) is 5.10 Å². The van der Waals surface area contributed by atoms with Crippen molar-refractivity contribution in [3.8, 4) is 17.2 Å². The van der Waals surface area contributed by atoms with E-state index in [2.05, 4.69) is 31.0 Å². The standard InChI is InChI=1S/C14H8BrFN4O/c15-10-1-4-13(18-5-10)20-7-9(8-21)14(19-20)12-3-2-11(16)6-17-12/h1-8H. The summed E-state index contributed by atoms with van der Waals surface area (Å²) in [6.07, 6.45) is 4.96. The highest BCUT2D eigenvalue weighted by Crippen LogP contribution is 2.20. The first-order chi connectivity index (χ1) is 10.2. The van der Waals surface area contributed by atoms with Crippen molar-refractivity contribution in [3.63, 3.8) is 0 Å². The van der Waals surface area contributed by atoms with Gasteiger partial charge in [-0.3, -0.25) is 9.78 Å². The second-order valence-electron chi connectivity index (χ2n) is 4.19. The molecular formula is C14H8BrFN4O. The number of halogens is 2. The molecular weight excluding hydrogens is 339 g/mol. The fourth-order valence-corrected chi connectivity index (χ4v) is 2.04. The number of nitrogens with zero attached hydrogens (tertiary/aromatic N) is 4. The average Bonchev–Trinajstić information content (AvgIpc) is 2.93. The lowest BCUT2D eigenvalue weighted by Crippen LogP contribution is -1.97. The molecule has 0 amide bonds. The van der Waals surface area contributed by atoms with Crippen LogP contribution in [0.5, 0.6) is 0 Å². The van der Waals surface area contributed by atoms with Crippen LogP contribution < -0.4 is 0 Å². The average molecular weight is 347 g/mol. The molecule has 0 aromatic carbocycles. The normalized spacial score (nSPS) is 10.6. The van der Waals surface area contributed by atoms with Gasteiger partial charge in [0.25, 0.3) is 0 Å². The first-order valence-electron chi connectivity index (χ1n) is 5.96. The lowest BCUT2D eigenvalue weighted by molar-refractivity contribution is 0.112. The van der Waals surface area contributed by atoms with Gasteiger partial charge in [0.05, 0.1) is 17.5 Å². The molecule has 0 saturated carbocycles. The molecule has 0 fully saturated rings. The van der Waals surface area contributed by atoms with Crippen LogP contribution in [0.25, 0.3) is 17.2 Å². The van der Waals surface area contributed by atoms with Crippen molar-refractivity contribution in [2.45, 2.75) is 0 Å². The van der Waals surface area contributed by atoms with E-state index in [0.717, 1.165) is 10.7 Å². The number of carbonyl (C=O) groups excluding carboxylic acids is 1. The Kier molecular flexibility index (Phi) is 3.57. The largest absolute Gasteiger partial charge is 0.298 e. The highest BCUT2D eigenvalue weighted by Gasteiger charge is 2.13. The Hall–Kier alpha value is -2.41. The van der Waals surface area contributed by atoms with Gasteiger partial charge in [0.15, 0.2) is 12.1 Å². The number of hydrogen-bond acceptors (Lipinski definition) is 4. The lowest BCUT2D eigenvalue weighted by atomic mass is 10.2. The van der Waals surface area contributed by atoms with Crippen molar-refractivity contribution in [3.05, 3.63) is 58.7 Å². The first kappa shape index (κ1) is 13.6. The van der Waals surface area contributed by atoms with Crippen LogP contribution >= 0.6 is 15.9 Å². The Labute approximate surface area is 127 Å². The molecule has 5 nitrogen and oxygen atoms in total. The van der Waals surface area contributed by atoms with E-state index in [1.54, 1.807) is 18.5 Å². The summed E-state index contributed by atoms with van der Waals surface area (Å²) in [5.74, 6) is 0.120. The zero-order valence-electron chi connectivity index (χ0n) is 10.6. The minimum Gasteiger partial charge on any atom is -0.298 e. The number of carbonyl (C=O) groups is 1. The summed E-state index contributed by atoms with van der Waals surface area (Å²) in [6, 6.07) is 6.33. The Morgan fingerprint density at radius 2 is 2.00 bits per heavy atom. The maximum absolute atomic E-state index is 12.9. The maximum Gasteiger partial charge on any atom is 0.153 e. The van der Waals surface area contributed by atoms with Gasteiger partial charge < -0.3 is 0 Å².